The summed E-state index contributed by atoms with van der Waals surface area (Å²) in [5.74, 6) is -1.34. The molecule has 1 heterocycles. The number of ether oxygens (including phenoxy) is 1. The molecule has 0 unspecified atom stereocenters. The number of benzene rings is 2. The van der Waals surface area contributed by atoms with Crippen LogP contribution in [-0.2, 0) is 9.53 Å². The van der Waals surface area contributed by atoms with Crippen LogP contribution in [0, 0.1) is 11.6 Å². The second-order valence-corrected chi connectivity index (χ2v) is 5.65. The Kier molecular flexibility index (Phi) is 4.71. The molecule has 2 aromatic carbocycles. The van der Waals surface area contributed by atoms with E-state index in [9.17, 15) is 13.6 Å². The van der Waals surface area contributed by atoms with Gasteiger partial charge in [0.15, 0.2) is 0 Å². The average Bonchev–Trinajstić information content (AvgIpc) is 3.01. The number of carbonyl (C=O) groups is 1. The molecular weight excluding hydrogens is 312 g/mol. The summed E-state index contributed by atoms with van der Waals surface area (Å²) in [6, 6.07) is 12.8. The summed E-state index contributed by atoms with van der Waals surface area (Å²) in [7, 11) is 1.33. The lowest BCUT2D eigenvalue weighted by Crippen LogP contribution is -2.31. The summed E-state index contributed by atoms with van der Waals surface area (Å²) < 4.78 is 32.3. The van der Waals surface area contributed by atoms with Crippen molar-refractivity contribution in [1.82, 2.24) is 4.90 Å². The minimum Gasteiger partial charge on any atom is -0.468 e. The van der Waals surface area contributed by atoms with Gasteiger partial charge in [0, 0.05) is 12.1 Å². The van der Waals surface area contributed by atoms with Crippen molar-refractivity contribution in [3.8, 4) is 0 Å². The van der Waals surface area contributed by atoms with Crippen molar-refractivity contribution in [2.45, 2.75) is 6.04 Å². The molecule has 0 spiro atoms. The third kappa shape index (κ3) is 3.36. The van der Waals surface area contributed by atoms with Crippen LogP contribution in [0.15, 0.2) is 54.6 Å². The minimum absolute atomic E-state index is 0.0764. The number of halogens is 2. The zero-order valence-corrected chi connectivity index (χ0v) is 13.2. The molecule has 5 heteroatoms. The number of nitrogens with zero attached hydrogens (tertiary/aromatic N) is 1. The molecule has 2 aromatic rings. The lowest BCUT2D eigenvalue weighted by Gasteiger charge is -2.23. The smallest absolute Gasteiger partial charge is 0.319 e. The molecule has 124 valence electrons. The highest BCUT2D eigenvalue weighted by Gasteiger charge is 2.29. The Morgan fingerprint density at radius 2 is 1.96 bits per heavy atom. The Morgan fingerprint density at radius 1 is 1.21 bits per heavy atom. The van der Waals surface area contributed by atoms with Crippen LogP contribution in [0.2, 0.25) is 0 Å². The Balaban J connectivity index is 1.96. The number of methoxy groups -OCH3 is 1. The average molecular weight is 329 g/mol. The maximum absolute atomic E-state index is 14.1. The minimum atomic E-state index is -0.491. The summed E-state index contributed by atoms with van der Waals surface area (Å²) in [6.07, 6.45) is 1.87. The SMILES string of the molecule is COC(=O)CN1CC(c2cc(F)ccc2F)=C[C@H]1c1ccccc1. The lowest BCUT2D eigenvalue weighted by molar-refractivity contribution is -0.142. The highest BCUT2D eigenvalue weighted by molar-refractivity contribution is 5.75. The van der Waals surface area contributed by atoms with Crippen molar-refractivity contribution in [2.24, 2.45) is 0 Å². The maximum atomic E-state index is 14.1. The number of esters is 1. The van der Waals surface area contributed by atoms with Crippen LogP contribution >= 0.6 is 0 Å². The van der Waals surface area contributed by atoms with Crippen LogP contribution in [-0.4, -0.2) is 31.1 Å². The molecule has 0 saturated heterocycles. The fraction of sp³-hybridized carbons (Fsp3) is 0.211. The molecule has 3 nitrogen and oxygen atoms in total. The zero-order valence-electron chi connectivity index (χ0n) is 13.2. The first kappa shape index (κ1) is 16.3. The van der Waals surface area contributed by atoms with Gasteiger partial charge in [-0.3, -0.25) is 9.69 Å². The van der Waals surface area contributed by atoms with Crippen LogP contribution in [0.5, 0.6) is 0 Å². The van der Waals surface area contributed by atoms with Crippen molar-refractivity contribution in [3.05, 3.63) is 77.4 Å². The summed E-state index contributed by atoms with van der Waals surface area (Å²) >= 11 is 0. The van der Waals surface area contributed by atoms with E-state index in [1.54, 1.807) is 0 Å². The number of hydrogen-bond acceptors (Lipinski definition) is 3. The van der Waals surface area contributed by atoms with Crippen LogP contribution in [0.1, 0.15) is 17.2 Å². The molecule has 0 radical (unpaired) electrons. The highest BCUT2D eigenvalue weighted by atomic mass is 19.1. The first-order valence-electron chi connectivity index (χ1n) is 7.60. The van der Waals surface area contributed by atoms with Crippen molar-refractivity contribution in [1.29, 1.82) is 0 Å². The summed E-state index contributed by atoms with van der Waals surface area (Å²) in [5, 5.41) is 0. The van der Waals surface area contributed by atoms with E-state index in [1.807, 2.05) is 41.3 Å². The number of carbonyl (C=O) groups excluding carboxylic acids is 1. The van der Waals surface area contributed by atoms with Crippen LogP contribution in [0.3, 0.4) is 0 Å². The van der Waals surface area contributed by atoms with Gasteiger partial charge in [-0.25, -0.2) is 8.78 Å². The molecule has 0 aromatic heterocycles. The van der Waals surface area contributed by atoms with Crippen molar-refractivity contribution < 1.29 is 18.3 Å². The fourth-order valence-electron chi connectivity index (χ4n) is 2.93. The van der Waals surface area contributed by atoms with E-state index in [4.69, 9.17) is 4.74 Å². The molecule has 0 aliphatic carbocycles. The summed E-state index contributed by atoms with van der Waals surface area (Å²) in [4.78, 5) is 13.6. The Labute approximate surface area is 139 Å². The molecule has 0 saturated carbocycles. The van der Waals surface area contributed by atoms with Crippen LogP contribution < -0.4 is 0 Å². The normalized spacial score (nSPS) is 17.6. The van der Waals surface area contributed by atoms with E-state index in [1.165, 1.54) is 13.2 Å². The van der Waals surface area contributed by atoms with E-state index in [-0.39, 0.29) is 24.1 Å². The van der Waals surface area contributed by atoms with E-state index >= 15 is 0 Å². The topological polar surface area (TPSA) is 29.5 Å². The van der Waals surface area contributed by atoms with Gasteiger partial charge >= 0.3 is 5.97 Å². The number of rotatable bonds is 4. The molecule has 1 aliphatic heterocycles. The van der Waals surface area contributed by atoms with Gasteiger partial charge in [-0.15, -0.1) is 0 Å². The van der Waals surface area contributed by atoms with E-state index in [0.29, 0.717) is 12.1 Å². The Hall–Kier alpha value is -2.53. The van der Waals surface area contributed by atoms with E-state index in [0.717, 1.165) is 17.7 Å². The number of hydrogen-bond donors (Lipinski definition) is 0. The van der Waals surface area contributed by atoms with Gasteiger partial charge in [0.25, 0.3) is 0 Å². The summed E-state index contributed by atoms with van der Waals surface area (Å²) in [5.41, 5.74) is 1.86. The molecule has 0 bridgehead atoms. The van der Waals surface area contributed by atoms with Gasteiger partial charge in [-0.2, -0.15) is 0 Å². The van der Waals surface area contributed by atoms with E-state index < -0.39 is 11.6 Å². The molecule has 1 atom stereocenters. The van der Waals surface area contributed by atoms with Gasteiger partial charge < -0.3 is 4.74 Å². The van der Waals surface area contributed by atoms with Gasteiger partial charge in [-0.05, 0) is 29.3 Å². The third-order valence-corrected chi connectivity index (χ3v) is 4.10. The Bertz CT molecular complexity index is 774. The molecular formula is C19H17F2NO2. The standard InChI is InChI=1S/C19H17F2NO2/c1-24-19(23)12-22-11-14(16-10-15(20)7-8-17(16)21)9-18(22)13-5-3-2-4-6-13/h2-10,18H,11-12H2,1H3/t18-/m0/s1. The van der Waals surface area contributed by atoms with Gasteiger partial charge in [0.1, 0.15) is 11.6 Å². The summed E-state index contributed by atoms with van der Waals surface area (Å²) in [6.45, 7) is 0.419. The maximum Gasteiger partial charge on any atom is 0.319 e. The second kappa shape index (κ2) is 6.93. The van der Waals surface area contributed by atoms with Crippen LogP contribution in [0.25, 0.3) is 5.57 Å². The van der Waals surface area contributed by atoms with Gasteiger partial charge in [0.2, 0.25) is 0 Å². The zero-order chi connectivity index (χ0) is 17.1. The second-order valence-electron chi connectivity index (χ2n) is 5.65. The Morgan fingerprint density at radius 3 is 2.67 bits per heavy atom. The predicted octanol–water partition coefficient (Wildman–Crippen LogP) is 3.58. The molecule has 0 N–H and O–H groups in total. The van der Waals surface area contributed by atoms with Crippen molar-refractivity contribution in [3.63, 3.8) is 0 Å². The van der Waals surface area contributed by atoms with Crippen molar-refractivity contribution in [2.75, 3.05) is 20.2 Å². The third-order valence-electron chi connectivity index (χ3n) is 4.10. The quantitative estimate of drug-likeness (QED) is 0.803. The highest BCUT2D eigenvalue weighted by Crippen LogP contribution is 2.35. The molecule has 0 fully saturated rings. The molecule has 0 amide bonds. The van der Waals surface area contributed by atoms with E-state index in [2.05, 4.69) is 0 Å². The first-order chi connectivity index (χ1) is 11.6. The van der Waals surface area contributed by atoms with Gasteiger partial charge in [0.05, 0.1) is 19.7 Å². The predicted molar refractivity (Wildman–Crippen MR) is 87.1 cm³/mol. The largest absolute Gasteiger partial charge is 0.468 e. The first-order valence-corrected chi connectivity index (χ1v) is 7.60. The fourth-order valence-corrected chi connectivity index (χ4v) is 2.93. The monoisotopic (exact) mass is 329 g/mol. The molecule has 24 heavy (non-hydrogen) atoms. The van der Waals surface area contributed by atoms with Gasteiger partial charge in [-0.1, -0.05) is 36.4 Å². The molecule has 3 rings (SSSR count). The van der Waals surface area contributed by atoms with Crippen LogP contribution in [0.4, 0.5) is 8.78 Å². The lowest BCUT2D eigenvalue weighted by atomic mass is 10.0. The van der Waals surface area contributed by atoms with Crippen molar-refractivity contribution >= 4 is 11.5 Å². The molecule has 1 aliphatic rings.